The number of halogens is 1. The smallest absolute Gasteiger partial charge is 0.244 e. The molecule has 2 N–H and O–H groups in total. The average molecular weight is 470 g/mol. The fraction of sp³-hybridized carbons (Fsp3) is 0.240. The van der Waals surface area contributed by atoms with E-state index in [-0.39, 0.29) is 6.54 Å². The summed E-state index contributed by atoms with van der Waals surface area (Å²) >= 11 is 0. The Morgan fingerprint density at radius 2 is 1.61 bits per heavy atom. The lowest BCUT2D eigenvalue weighted by Gasteiger charge is -2.16. The minimum absolute atomic E-state index is 0.222. The fourth-order valence-electron chi connectivity index (χ4n) is 3.46. The molecule has 0 bridgehead atoms. The number of carbonyl (C=O) groups is 1. The highest BCUT2D eigenvalue weighted by Crippen LogP contribution is 2.24. The normalized spacial score (nSPS) is 12.5. The van der Waals surface area contributed by atoms with Crippen LogP contribution in [0.4, 0.5) is 4.39 Å². The third-order valence-corrected chi connectivity index (χ3v) is 6.66. The Bertz CT molecular complexity index is 1210. The molecule has 0 aliphatic carbocycles. The number of nitrogens with zero attached hydrogens (tertiary/aromatic N) is 1. The Kier molecular flexibility index (Phi) is 7.97. The van der Waals surface area contributed by atoms with Crippen molar-refractivity contribution in [2.24, 2.45) is 0 Å². The van der Waals surface area contributed by atoms with Gasteiger partial charge >= 0.3 is 0 Å². The Balaban J connectivity index is 1.68. The number of hydrogen-bond donors (Lipinski definition) is 2. The molecule has 0 saturated carbocycles. The van der Waals surface area contributed by atoms with Crippen molar-refractivity contribution in [3.8, 4) is 11.1 Å². The standard InChI is InChI=1S/C25H28FN3O3S/c1-18(28-33(31,32)24-11-7-6-10-23(24)26)25(30)27-16-21-8-4-5-9-22(21)20-14-12-19(13-15-20)17-29(2)3/h4-15,18,28H,16-17H2,1-3H3,(H,27,30)/t18-/m0/s1. The Hall–Kier alpha value is -3.07. The highest BCUT2D eigenvalue weighted by molar-refractivity contribution is 7.89. The third kappa shape index (κ3) is 6.47. The average Bonchev–Trinajstić information content (AvgIpc) is 2.77. The maximum atomic E-state index is 13.9. The van der Waals surface area contributed by atoms with E-state index in [0.29, 0.717) is 0 Å². The molecule has 1 atom stereocenters. The fourth-order valence-corrected chi connectivity index (χ4v) is 4.74. The monoisotopic (exact) mass is 469 g/mol. The van der Waals surface area contributed by atoms with Gasteiger partial charge in [-0.05, 0) is 55.4 Å². The quantitative estimate of drug-likeness (QED) is 0.503. The van der Waals surface area contributed by atoms with Crippen molar-refractivity contribution < 1.29 is 17.6 Å². The van der Waals surface area contributed by atoms with E-state index in [2.05, 4.69) is 27.1 Å². The van der Waals surface area contributed by atoms with E-state index in [1.54, 1.807) is 0 Å². The van der Waals surface area contributed by atoms with E-state index in [1.165, 1.54) is 24.6 Å². The van der Waals surface area contributed by atoms with Crippen LogP contribution in [0.25, 0.3) is 11.1 Å². The van der Waals surface area contributed by atoms with E-state index in [9.17, 15) is 17.6 Å². The van der Waals surface area contributed by atoms with Gasteiger partial charge in [0.25, 0.3) is 0 Å². The summed E-state index contributed by atoms with van der Waals surface area (Å²) in [7, 11) is -0.137. The first-order valence-electron chi connectivity index (χ1n) is 10.5. The largest absolute Gasteiger partial charge is 0.351 e. The number of hydrogen-bond acceptors (Lipinski definition) is 4. The zero-order valence-electron chi connectivity index (χ0n) is 18.9. The zero-order chi connectivity index (χ0) is 24.0. The van der Waals surface area contributed by atoms with Crippen LogP contribution in [-0.4, -0.2) is 39.4 Å². The minimum atomic E-state index is -4.17. The van der Waals surface area contributed by atoms with Crippen molar-refractivity contribution in [2.45, 2.75) is 31.0 Å². The van der Waals surface area contributed by atoms with Gasteiger partial charge in [0.05, 0.1) is 6.04 Å². The predicted molar refractivity (Wildman–Crippen MR) is 127 cm³/mol. The van der Waals surface area contributed by atoms with Gasteiger partial charge in [-0.2, -0.15) is 4.72 Å². The third-order valence-electron chi connectivity index (χ3n) is 5.09. The summed E-state index contributed by atoms with van der Waals surface area (Å²) in [6, 6.07) is 19.9. The lowest BCUT2D eigenvalue weighted by molar-refractivity contribution is -0.122. The summed E-state index contributed by atoms with van der Waals surface area (Å²) in [5, 5.41) is 2.77. The van der Waals surface area contributed by atoms with Gasteiger partial charge in [0, 0.05) is 13.1 Å². The highest BCUT2D eigenvalue weighted by Gasteiger charge is 2.24. The molecule has 3 aromatic rings. The maximum Gasteiger partial charge on any atom is 0.244 e. The van der Waals surface area contributed by atoms with Crippen molar-refractivity contribution in [3.63, 3.8) is 0 Å². The summed E-state index contributed by atoms with van der Waals surface area (Å²) in [5.41, 5.74) is 4.10. The molecule has 0 aliphatic heterocycles. The van der Waals surface area contributed by atoms with Crippen LogP contribution < -0.4 is 10.0 Å². The molecule has 33 heavy (non-hydrogen) atoms. The molecular formula is C25H28FN3O3S. The first-order valence-corrected chi connectivity index (χ1v) is 12.0. The van der Waals surface area contributed by atoms with Gasteiger partial charge in [-0.15, -0.1) is 0 Å². The van der Waals surface area contributed by atoms with Gasteiger partial charge in [-0.3, -0.25) is 4.79 Å². The van der Waals surface area contributed by atoms with Crippen LogP contribution >= 0.6 is 0 Å². The van der Waals surface area contributed by atoms with Crippen LogP contribution in [0, 0.1) is 5.82 Å². The molecule has 3 rings (SSSR count). The summed E-state index contributed by atoms with van der Waals surface area (Å²) in [4.78, 5) is 14.2. The molecular weight excluding hydrogens is 441 g/mol. The molecule has 0 unspecified atom stereocenters. The predicted octanol–water partition coefficient (Wildman–Crippen LogP) is 3.54. The number of sulfonamides is 1. The first kappa shape index (κ1) is 24.6. The summed E-state index contributed by atoms with van der Waals surface area (Å²) in [6.45, 7) is 2.49. The van der Waals surface area contributed by atoms with Crippen molar-refractivity contribution in [1.82, 2.24) is 14.9 Å². The number of benzene rings is 3. The van der Waals surface area contributed by atoms with E-state index < -0.39 is 32.7 Å². The molecule has 0 spiro atoms. The van der Waals surface area contributed by atoms with Gasteiger partial charge in [0.2, 0.25) is 15.9 Å². The number of rotatable bonds is 9. The maximum absolute atomic E-state index is 13.9. The summed E-state index contributed by atoms with van der Waals surface area (Å²) in [6.07, 6.45) is 0. The van der Waals surface area contributed by atoms with E-state index in [1.807, 2.05) is 50.5 Å². The van der Waals surface area contributed by atoms with Crippen molar-refractivity contribution in [2.75, 3.05) is 14.1 Å². The van der Waals surface area contributed by atoms with Crippen LogP contribution in [0.5, 0.6) is 0 Å². The SMILES string of the molecule is C[C@H](NS(=O)(=O)c1ccccc1F)C(=O)NCc1ccccc1-c1ccc(CN(C)C)cc1. The molecule has 1 amide bonds. The molecule has 3 aromatic carbocycles. The van der Waals surface area contributed by atoms with Gasteiger partial charge in [0.1, 0.15) is 10.7 Å². The molecule has 0 saturated heterocycles. The molecule has 8 heteroatoms. The number of amides is 1. The van der Waals surface area contributed by atoms with E-state index >= 15 is 0 Å². The lowest BCUT2D eigenvalue weighted by Crippen LogP contribution is -2.44. The molecule has 0 radical (unpaired) electrons. The van der Waals surface area contributed by atoms with E-state index in [4.69, 9.17) is 0 Å². The van der Waals surface area contributed by atoms with Gasteiger partial charge in [-0.1, -0.05) is 60.7 Å². The van der Waals surface area contributed by atoms with E-state index in [0.717, 1.165) is 35.4 Å². The van der Waals surface area contributed by atoms with Crippen molar-refractivity contribution in [1.29, 1.82) is 0 Å². The Morgan fingerprint density at radius 1 is 0.970 bits per heavy atom. The second-order valence-corrected chi connectivity index (χ2v) is 9.77. The van der Waals surface area contributed by atoms with Gasteiger partial charge < -0.3 is 10.2 Å². The zero-order valence-corrected chi connectivity index (χ0v) is 19.7. The minimum Gasteiger partial charge on any atom is -0.351 e. The van der Waals surface area contributed by atoms with Crippen LogP contribution in [-0.2, 0) is 27.9 Å². The first-order chi connectivity index (χ1) is 15.7. The molecule has 6 nitrogen and oxygen atoms in total. The topological polar surface area (TPSA) is 78.5 Å². The summed E-state index contributed by atoms with van der Waals surface area (Å²) < 4.78 is 41.0. The second kappa shape index (κ2) is 10.7. The molecule has 0 fully saturated rings. The Morgan fingerprint density at radius 3 is 2.27 bits per heavy atom. The number of carbonyl (C=O) groups excluding carboxylic acids is 1. The number of nitrogens with one attached hydrogen (secondary N) is 2. The van der Waals surface area contributed by atoms with Crippen LogP contribution in [0.1, 0.15) is 18.1 Å². The Labute approximate surface area is 194 Å². The second-order valence-electron chi connectivity index (χ2n) is 8.08. The van der Waals surface area contributed by atoms with Crippen LogP contribution in [0.3, 0.4) is 0 Å². The molecule has 0 aromatic heterocycles. The van der Waals surface area contributed by atoms with Crippen molar-refractivity contribution in [3.05, 3.63) is 89.7 Å². The van der Waals surface area contributed by atoms with Crippen LogP contribution in [0.15, 0.2) is 77.7 Å². The van der Waals surface area contributed by atoms with Crippen LogP contribution in [0.2, 0.25) is 0 Å². The highest BCUT2D eigenvalue weighted by atomic mass is 32.2. The van der Waals surface area contributed by atoms with Crippen molar-refractivity contribution >= 4 is 15.9 Å². The van der Waals surface area contributed by atoms with Gasteiger partial charge in [-0.25, -0.2) is 12.8 Å². The molecule has 174 valence electrons. The molecule has 0 heterocycles. The lowest BCUT2D eigenvalue weighted by atomic mass is 9.98. The summed E-state index contributed by atoms with van der Waals surface area (Å²) in [5.74, 6) is -1.38. The molecule has 0 aliphatic rings. The van der Waals surface area contributed by atoms with Gasteiger partial charge in [0.15, 0.2) is 0 Å².